The van der Waals surface area contributed by atoms with E-state index in [0.717, 1.165) is 31.6 Å². The fourth-order valence-electron chi connectivity index (χ4n) is 3.18. The van der Waals surface area contributed by atoms with Crippen LogP contribution in [0.1, 0.15) is 36.2 Å². The summed E-state index contributed by atoms with van der Waals surface area (Å²) in [4.78, 5) is 16.1. The topological polar surface area (TPSA) is 32.3 Å². The van der Waals surface area contributed by atoms with Gasteiger partial charge in [0.2, 0.25) is 5.91 Å². The number of nitrogens with zero attached hydrogens (tertiary/aromatic N) is 1. The van der Waals surface area contributed by atoms with Crippen LogP contribution < -0.4 is 5.32 Å². The van der Waals surface area contributed by atoms with Gasteiger partial charge in [0.1, 0.15) is 0 Å². The van der Waals surface area contributed by atoms with Crippen molar-refractivity contribution in [2.45, 2.75) is 32.2 Å². The van der Waals surface area contributed by atoms with E-state index in [-0.39, 0.29) is 5.91 Å². The van der Waals surface area contributed by atoms with Gasteiger partial charge in [-0.05, 0) is 42.0 Å². The number of hydrogen-bond acceptors (Lipinski definition) is 3. The summed E-state index contributed by atoms with van der Waals surface area (Å²) in [5.41, 5.74) is 2.35. The average molecular weight is 314 g/mol. The van der Waals surface area contributed by atoms with Gasteiger partial charge in [-0.1, -0.05) is 25.1 Å². The number of carbonyl (C=O) groups excluding carboxylic acids is 1. The molecule has 0 saturated heterocycles. The van der Waals surface area contributed by atoms with E-state index in [1.165, 1.54) is 10.4 Å². The van der Waals surface area contributed by atoms with Crippen LogP contribution >= 0.6 is 11.3 Å². The summed E-state index contributed by atoms with van der Waals surface area (Å²) in [6.45, 7) is 4.12. The van der Waals surface area contributed by atoms with Crippen molar-refractivity contribution in [2.75, 3.05) is 18.4 Å². The Labute approximate surface area is 136 Å². The summed E-state index contributed by atoms with van der Waals surface area (Å²) >= 11 is 1.87. The lowest BCUT2D eigenvalue weighted by Gasteiger charge is -2.35. The van der Waals surface area contributed by atoms with Crippen molar-refractivity contribution in [1.29, 1.82) is 0 Å². The first-order valence-corrected chi connectivity index (χ1v) is 8.81. The van der Waals surface area contributed by atoms with E-state index < -0.39 is 0 Å². The zero-order valence-corrected chi connectivity index (χ0v) is 13.7. The van der Waals surface area contributed by atoms with Gasteiger partial charge in [-0.2, -0.15) is 0 Å². The Morgan fingerprint density at radius 3 is 2.91 bits per heavy atom. The Morgan fingerprint density at radius 2 is 2.14 bits per heavy atom. The number of nitrogens with one attached hydrogen (secondary N) is 1. The molecule has 1 aromatic heterocycles. The third-order valence-corrected chi connectivity index (χ3v) is 5.27. The Balaban J connectivity index is 1.56. The van der Waals surface area contributed by atoms with E-state index in [1.807, 2.05) is 41.7 Å². The molecule has 2 heterocycles. The second-order valence-electron chi connectivity index (χ2n) is 5.67. The summed E-state index contributed by atoms with van der Waals surface area (Å²) in [5, 5.41) is 5.16. The normalized spacial score (nSPS) is 18.0. The number of hydrogen-bond donors (Lipinski definition) is 1. The molecule has 0 bridgehead atoms. The zero-order chi connectivity index (χ0) is 15.4. The Kier molecular flexibility index (Phi) is 4.90. The highest BCUT2D eigenvalue weighted by Gasteiger charge is 2.26. The van der Waals surface area contributed by atoms with Crippen LogP contribution in [0, 0.1) is 0 Å². The highest BCUT2D eigenvalue weighted by Crippen LogP contribution is 2.35. The van der Waals surface area contributed by atoms with Gasteiger partial charge in [-0.15, -0.1) is 11.3 Å². The van der Waals surface area contributed by atoms with E-state index in [4.69, 9.17) is 0 Å². The van der Waals surface area contributed by atoms with Crippen LogP contribution in [-0.2, 0) is 11.2 Å². The van der Waals surface area contributed by atoms with Crippen molar-refractivity contribution < 1.29 is 4.79 Å². The molecule has 1 unspecified atom stereocenters. The van der Waals surface area contributed by atoms with Crippen molar-refractivity contribution in [2.24, 2.45) is 0 Å². The molecule has 1 amide bonds. The molecule has 4 heteroatoms. The second kappa shape index (κ2) is 7.07. The van der Waals surface area contributed by atoms with Crippen molar-refractivity contribution in [3.63, 3.8) is 0 Å². The van der Waals surface area contributed by atoms with Crippen LogP contribution in [0.4, 0.5) is 5.69 Å². The van der Waals surface area contributed by atoms with E-state index in [9.17, 15) is 4.79 Å². The molecule has 0 fully saturated rings. The van der Waals surface area contributed by atoms with Crippen LogP contribution in [0.25, 0.3) is 0 Å². The number of carbonyl (C=O) groups is 1. The molecule has 3 nitrogen and oxygen atoms in total. The number of benzene rings is 1. The highest BCUT2D eigenvalue weighted by atomic mass is 32.1. The molecule has 116 valence electrons. The first kappa shape index (κ1) is 15.3. The third-order valence-electron chi connectivity index (χ3n) is 4.28. The maximum atomic E-state index is 12.1. The molecule has 0 saturated carbocycles. The lowest BCUT2D eigenvalue weighted by molar-refractivity contribution is -0.116. The number of amides is 1. The molecule has 0 radical (unpaired) electrons. The number of rotatable bonds is 5. The highest BCUT2D eigenvalue weighted by molar-refractivity contribution is 7.10. The molecular formula is C18H22N2OS. The van der Waals surface area contributed by atoms with Gasteiger partial charge in [0, 0.05) is 36.1 Å². The molecule has 1 aliphatic heterocycles. The van der Waals surface area contributed by atoms with Crippen LogP contribution in [0.2, 0.25) is 0 Å². The fourth-order valence-corrected chi connectivity index (χ4v) is 4.11. The Hall–Kier alpha value is -1.65. The molecule has 3 rings (SSSR count). The van der Waals surface area contributed by atoms with E-state index >= 15 is 0 Å². The molecule has 0 aliphatic carbocycles. The van der Waals surface area contributed by atoms with Gasteiger partial charge in [0.15, 0.2) is 0 Å². The van der Waals surface area contributed by atoms with E-state index in [2.05, 4.69) is 28.6 Å². The van der Waals surface area contributed by atoms with Gasteiger partial charge in [-0.25, -0.2) is 0 Å². The van der Waals surface area contributed by atoms with Gasteiger partial charge >= 0.3 is 0 Å². The molecule has 22 heavy (non-hydrogen) atoms. The third kappa shape index (κ3) is 3.39. The van der Waals surface area contributed by atoms with Crippen molar-refractivity contribution >= 4 is 22.9 Å². The van der Waals surface area contributed by atoms with Crippen LogP contribution in [0.3, 0.4) is 0 Å². The summed E-state index contributed by atoms with van der Waals surface area (Å²) in [6.07, 6.45) is 2.76. The second-order valence-corrected chi connectivity index (χ2v) is 6.67. The monoisotopic (exact) mass is 314 g/mol. The molecular weight excluding hydrogens is 292 g/mol. The minimum atomic E-state index is 0.0946. The molecule has 1 aliphatic rings. The van der Waals surface area contributed by atoms with Crippen LogP contribution in [0.15, 0.2) is 41.8 Å². The minimum absolute atomic E-state index is 0.0946. The summed E-state index contributed by atoms with van der Waals surface area (Å²) < 4.78 is 0. The number of anilines is 1. The number of fused-ring (bicyclic) bond motifs is 1. The lowest BCUT2D eigenvalue weighted by Crippen LogP contribution is -2.36. The molecule has 0 spiro atoms. The van der Waals surface area contributed by atoms with E-state index in [1.54, 1.807) is 0 Å². The smallest absolute Gasteiger partial charge is 0.225 e. The first-order chi connectivity index (χ1) is 10.8. The number of para-hydroxylation sites is 1. The standard InChI is InChI=1S/C18H22N2OS/c1-2-16-15-10-13-22-17(15)8-11-20(16)12-9-18(21)19-14-6-4-3-5-7-14/h3-7,10,13,16H,2,8-9,11-12H2,1H3,(H,19,21). The van der Waals surface area contributed by atoms with Crippen LogP contribution in [0.5, 0.6) is 0 Å². The Bertz CT molecular complexity index is 623. The van der Waals surface area contributed by atoms with Crippen molar-refractivity contribution in [1.82, 2.24) is 4.90 Å². The number of thiophene rings is 1. The maximum Gasteiger partial charge on any atom is 0.225 e. The summed E-state index contributed by atoms with van der Waals surface area (Å²) in [5.74, 6) is 0.0946. The van der Waals surface area contributed by atoms with Crippen molar-refractivity contribution in [3.05, 3.63) is 52.2 Å². The average Bonchev–Trinajstić information content (AvgIpc) is 3.02. The van der Waals surface area contributed by atoms with Gasteiger partial charge in [0.25, 0.3) is 0 Å². The fraction of sp³-hybridized carbons (Fsp3) is 0.389. The zero-order valence-electron chi connectivity index (χ0n) is 12.9. The molecule has 1 atom stereocenters. The Morgan fingerprint density at radius 1 is 1.32 bits per heavy atom. The van der Waals surface area contributed by atoms with Gasteiger partial charge in [0.05, 0.1) is 0 Å². The van der Waals surface area contributed by atoms with E-state index in [0.29, 0.717) is 12.5 Å². The first-order valence-electron chi connectivity index (χ1n) is 7.93. The van der Waals surface area contributed by atoms with Gasteiger partial charge in [-0.3, -0.25) is 9.69 Å². The summed E-state index contributed by atoms with van der Waals surface area (Å²) in [6, 6.07) is 12.4. The predicted octanol–water partition coefficient (Wildman–Crippen LogP) is 4.09. The predicted molar refractivity (Wildman–Crippen MR) is 92.3 cm³/mol. The SMILES string of the molecule is CCC1c2ccsc2CCN1CCC(=O)Nc1ccccc1. The van der Waals surface area contributed by atoms with Crippen molar-refractivity contribution in [3.8, 4) is 0 Å². The van der Waals surface area contributed by atoms with Gasteiger partial charge < -0.3 is 5.32 Å². The quantitative estimate of drug-likeness (QED) is 0.901. The largest absolute Gasteiger partial charge is 0.326 e. The molecule has 1 N–H and O–H groups in total. The molecule has 2 aromatic rings. The summed E-state index contributed by atoms with van der Waals surface area (Å²) in [7, 11) is 0. The maximum absolute atomic E-state index is 12.1. The van der Waals surface area contributed by atoms with Crippen LogP contribution in [-0.4, -0.2) is 23.9 Å². The lowest BCUT2D eigenvalue weighted by atomic mass is 9.97. The minimum Gasteiger partial charge on any atom is -0.326 e. The molecule has 1 aromatic carbocycles.